The first-order valence-corrected chi connectivity index (χ1v) is 5.92. The summed E-state index contributed by atoms with van der Waals surface area (Å²) in [6.07, 6.45) is 1.83. The molecule has 0 amide bonds. The number of aromatic nitrogens is 1. The molecule has 1 aromatic heterocycles. The number of aryl methyl sites for hydroxylation is 1. The highest BCUT2D eigenvalue weighted by molar-refractivity contribution is 5.35. The van der Waals surface area contributed by atoms with Gasteiger partial charge in [-0.1, -0.05) is 13.8 Å². The molecule has 5 heteroatoms. The van der Waals surface area contributed by atoms with Gasteiger partial charge < -0.3 is 5.32 Å². The van der Waals surface area contributed by atoms with E-state index < -0.39 is 4.92 Å². The van der Waals surface area contributed by atoms with Crippen LogP contribution in [0, 0.1) is 17.0 Å². The number of nitro groups is 1. The Labute approximate surface area is 101 Å². The number of nitrogens with zero attached hydrogens (tertiary/aromatic N) is 2. The summed E-state index contributed by atoms with van der Waals surface area (Å²) in [5.41, 5.74) is 1.48. The fourth-order valence-electron chi connectivity index (χ4n) is 1.81. The molecule has 1 N–H and O–H groups in total. The Balaban J connectivity index is 2.79. The van der Waals surface area contributed by atoms with Crippen LogP contribution in [0.4, 0.5) is 5.69 Å². The van der Waals surface area contributed by atoms with Gasteiger partial charge in [0.2, 0.25) is 0 Å². The zero-order valence-electron chi connectivity index (χ0n) is 10.6. The maximum absolute atomic E-state index is 10.7. The monoisotopic (exact) mass is 237 g/mol. The lowest BCUT2D eigenvalue weighted by Gasteiger charge is -2.15. The van der Waals surface area contributed by atoms with Crippen molar-refractivity contribution in [2.75, 3.05) is 6.54 Å². The third-order valence-corrected chi connectivity index (χ3v) is 2.75. The molecule has 0 bridgehead atoms. The summed E-state index contributed by atoms with van der Waals surface area (Å²) in [5.74, 6) is 0. The first-order valence-electron chi connectivity index (χ1n) is 5.92. The lowest BCUT2D eigenvalue weighted by molar-refractivity contribution is -0.385. The van der Waals surface area contributed by atoms with Crippen LogP contribution in [0.2, 0.25) is 0 Å². The third kappa shape index (κ3) is 3.78. The molecular weight excluding hydrogens is 218 g/mol. The largest absolute Gasteiger partial charge is 0.314 e. The number of pyridine rings is 1. The molecule has 0 aliphatic carbocycles. The summed E-state index contributed by atoms with van der Waals surface area (Å²) in [7, 11) is 0. The number of nitrogens with one attached hydrogen (secondary N) is 1. The van der Waals surface area contributed by atoms with Crippen LogP contribution in [0.3, 0.4) is 0 Å². The molecule has 5 nitrogen and oxygen atoms in total. The molecule has 0 radical (unpaired) electrons. The van der Waals surface area contributed by atoms with Gasteiger partial charge in [0.15, 0.2) is 0 Å². The van der Waals surface area contributed by atoms with E-state index in [4.69, 9.17) is 0 Å². The molecule has 1 aromatic rings. The lowest BCUT2D eigenvalue weighted by Crippen LogP contribution is -2.30. The van der Waals surface area contributed by atoms with E-state index in [1.54, 1.807) is 13.0 Å². The van der Waals surface area contributed by atoms with Crippen LogP contribution in [0.1, 0.15) is 31.7 Å². The lowest BCUT2D eigenvalue weighted by atomic mass is 10.1. The Bertz CT molecular complexity index is 393. The van der Waals surface area contributed by atoms with E-state index in [2.05, 4.69) is 24.1 Å². The van der Waals surface area contributed by atoms with Gasteiger partial charge >= 0.3 is 0 Å². The van der Waals surface area contributed by atoms with Crippen LogP contribution < -0.4 is 5.32 Å². The predicted octanol–water partition coefficient (Wildman–Crippen LogP) is 2.23. The fourth-order valence-corrected chi connectivity index (χ4v) is 1.81. The summed E-state index contributed by atoms with van der Waals surface area (Å²) in [6, 6.07) is 3.66. The van der Waals surface area contributed by atoms with Crippen molar-refractivity contribution in [3.05, 3.63) is 33.6 Å². The normalized spacial score (nSPS) is 12.4. The van der Waals surface area contributed by atoms with E-state index in [9.17, 15) is 10.1 Å². The highest BCUT2D eigenvalue weighted by atomic mass is 16.6. The minimum Gasteiger partial charge on any atom is -0.314 e. The zero-order valence-corrected chi connectivity index (χ0v) is 10.6. The summed E-state index contributed by atoms with van der Waals surface area (Å²) in [4.78, 5) is 14.6. The van der Waals surface area contributed by atoms with E-state index in [0.29, 0.717) is 11.7 Å². The molecule has 0 aromatic carbocycles. The van der Waals surface area contributed by atoms with E-state index in [1.165, 1.54) is 6.07 Å². The van der Waals surface area contributed by atoms with Gasteiger partial charge in [0.05, 0.1) is 4.92 Å². The number of hydrogen-bond acceptors (Lipinski definition) is 4. The van der Waals surface area contributed by atoms with Gasteiger partial charge in [-0.15, -0.1) is 0 Å². The van der Waals surface area contributed by atoms with Crippen LogP contribution in [0.5, 0.6) is 0 Å². The average molecular weight is 237 g/mol. The molecule has 17 heavy (non-hydrogen) atoms. The number of likely N-dealkylation sites (N-methyl/N-ethyl adjacent to an activating group) is 1. The van der Waals surface area contributed by atoms with Crippen LogP contribution >= 0.6 is 0 Å². The molecule has 94 valence electrons. The van der Waals surface area contributed by atoms with Gasteiger partial charge in [0, 0.05) is 24.2 Å². The van der Waals surface area contributed by atoms with Gasteiger partial charge in [-0.25, -0.2) is 0 Å². The minimum absolute atomic E-state index is 0.0882. The minimum atomic E-state index is -0.395. The molecule has 0 aliphatic rings. The third-order valence-electron chi connectivity index (χ3n) is 2.75. The van der Waals surface area contributed by atoms with E-state index in [1.807, 2.05) is 0 Å². The maximum atomic E-state index is 10.7. The van der Waals surface area contributed by atoms with Crippen LogP contribution in [-0.2, 0) is 6.42 Å². The number of hydrogen-bond donors (Lipinski definition) is 1. The molecular formula is C12H19N3O2. The van der Waals surface area contributed by atoms with Gasteiger partial charge in [-0.05, 0) is 26.0 Å². The zero-order chi connectivity index (χ0) is 12.8. The molecule has 0 saturated carbocycles. The van der Waals surface area contributed by atoms with E-state index in [0.717, 1.165) is 25.1 Å². The SMILES string of the molecule is CCNC(CC)Cc1ccc([N+](=O)[O-])c(C)n1. The summed E-state index contributed by atoms with van der Waals surface area (Å²) in [6.45, 7) is 6.78. The van der Waals surface area contributed by atoms with E-state index in [-0.39, 0.29) is 5.69 Å². The average Bonchev–Trinajstić information content (AvgIpc) is 2.28. The second kappa shape index (κ2) is 6.30. The van der Waals surface area contributed by atoms with Crippen LogP contribution in [0.15, 0.2) is 12.1 Å². The summed E-state index contributed by atoms with van der Waals surface area (Å²) < 4.78 is 0. The van der Waals surface area contributed by atoms with Crippen molar-refractivity contribution < 1.29 is 4.92 Å². The van der Waals surface area contributed by atoms with Crippen molar-refractivity contribution in [1.82, 2.24) is 10.3 Å². The smallest absolute Gasteiger partial charge is 0.290 e. The highest BCUT2D eigenvalue weighted by Gasteiger charge is 2.13. The molecule has 1 rings (SSSR count). The molecule has 0 aliphatic heterocycles. The summed E-state index contributed by atoms with van der Waals surface area (Å²) in [5, 5.41) is 14.0. The van der Waals surface area contributed by atoms with Crippen LogP contribution in [-0.4, -0.2) is 22.5 Å². The Morgan fingerprint density at radius 1 is 1.47 bits per heavy atom. The second-order valence-electron chi connectivity index (χ2n) is 4.03. The van der Waals surface area contributed by atoms with E-state index >= 15 is 0 Å². The quantitative estimate of drug-likeness (QED) is 0.608. The van der Waals surface area contributed by atoms with Crippen molar-refractivity contribution in [2.24, 2.45) is 0 Å². The van der Waals surface area contributed by atoms with Gasteiger partial charge in [0.1, 0.15) is 5.69 Å². The highest BCUT2D eigenvalue weighted by Crippen LogP contribution is 2.16. The maximum Gasteiger partial charge on any atom is 0.290 e. The van der Waals surface area contributed by atoms with Crippen molar-refractivity contribution >= 4 is 5.69 Å². The molecule has 1 heterocycles. The molecule has 1 unspecified atom stereocenters. The molecule has 0 fully saturated rings. The second-order valence-corrected chi connectivity index (χ2v) is 4.03. The van der Waals surface area contributed by atoms with Crippen molar-refractivity contribution in [2.45, 2.75) is 39.7 Å². The Morgan fingerprint density at radius 2 is 2.18 bits per heavy atom. The predicted molar refractivity (Wildman–Crippen MR) is 67.1 cm³/mol. The first-order chi connectivity index (χ1) is 8.08. The molecule has 0 saturated heterocycles. The fraction of sp³-hybridized carbons (Fsp3) is 0.583. The Kier molecular flexibility index (Phi) is 5.03. The Hall–Kier alpha value is -1.49. The van der Waals surface area contributed by atoms with Crippen LogP contribution in [0.25, 0.3) is 0 Å². The van der Waals surface area contributed by atoms with Crippen molar-refractivity contribution in [3.8, 4) is 0 Å². The number of rotatable bonds is 6. The van der Waals surface area contributed by atoms with Gasteiger partial charge in [0.25, 0.3) is 5.69 Å². The van der Waals surface area contributed by atoms with Gasteiger partial charge in [-0.3, -0.25) is 15.1 Å². The topological polar surface area (TPSA) is 68.1 Å². The summed E-state index contributed by atoms with van der Waals surface area (Å²) >= 11 is 0. The molecule has 1 atom stereocenters. The van der Waals surface area contributed by atoms with Crippen molar-refractivity contribution in [1.29, 1.82) is 0 Å². The van der Waals surface area contributed by atoms with Gasteiger partial charge in [-0.2, -0.15) is 0 Å². The Morgan fingerprint density at radius 3 is 2.65 bits per heavy atom. The standard InChI is InChI=1S/C12H19N3O2/c1-4-10(13-5-2)8-11-6-7-12(15(16)17)9(3)14-11/h6-7,10,13H,4-5,8H2,1-3H3. The molecule has 0 spiro atoms. The van der Waals surface area contributed by atoms with Crippen molar-refractivity contribution in [3.63, 3.8) is 0 Å². The first kappa shape index (κ1) is 13.6.